The molecule has 0 aliphatic heterocycles. The van der Waals surface area contributed by atoms with E-state index in [2.05, 4.69) is 67.6 Å². The molecular formula is C17H26N2. The second-order valence-corrected chi connectivity index (χ2v) is 5.51. The fourth-order valence-corrected chi connectivity index (χ4v) is 2.56. The van der Waals surface area contributed by atoms with Crippen LogP contribution in [0.25, 0.3) is 10.9 Å². The van der Waals surface area contributed by atoms with E-state index >= 15 is 0 Å². The van der Waals surface area contributed by atoms with Gasteiger partial charge >= 0.3 is 0 Å². The zero-order valence-electron chi connectivity index (χ0n) is 12.7. The Morgan fingerprint density at radius 2 is 1.84 bits per heavy atom. The third kappa shape index (κ3) is 3.19. The van der Waals surface area contributed by atoms with E-state index in [0.29, 0.717) is 5.92 Å². The van der Waals surface area contributed by atoms with Crippen molar-refractivity contribution >= 4 is 10.9 Å². The predicted octanol–water partition coefficient (Wildman–Crippen LogP) is 4.11. The van der Waals surface area contributed by atoms with Gasteiger partial charge in [-0.1, -0.05) is 33.8 Å². The molecule has 0 saturated heterocycles. The van der Waals surface area contributed by atoms with E-state index < -0.39 is 0 Å². The SMILES string of the molecule is CCN(CC)CCn1ccc2cc(C(C)C)ccc21. The van der Waals surface area contributed by atoms with Crippen LogP contribution in [-0.2, 0) is 6.54 Å². The number of benzene rings is 1. The van der Waals surface area contributed by atoms with Gasteiger partial charge in [0.25, 0.3) is 0 Å². The topological polar surface area (TPSA) is 8.17 Å². The molecule has 2 heteroatoms. The molecule has 0 saturated carbocycles. The highest BCUT2D eigenvalue weighted by Crippen LogP contribution is 2.22. The van der Waals surface area contributed by atoms with Gasteiger partial charge in [-0.3, -0.25) is 0 Å². The fraction of sp³-hybridized carbons (Fsp3) is 0.529. The van der Waals surface area contributed by atoms with Crippen LogP contribution >= 0.6 is 0 Å². The quantitative estimate of drug-likeness (QED) is 0.757. The normalized spacial score (nSPS) is 11.9. The second kappa shape index (κ2) is 6.25. The van der Waals surface area contributed by atoms with Gasteiger partial charge in [-0.15, -0.1) is 0 Å². The number of nitrogens with zero attached hydrogens (tertiary/aromatic N) is 2. The summed E-state index contributed by atoms with van der Waals surface area (Å²) in [5.74, 6) is 0.600. The van der Waals surface area contributed by atoms with Gasteiger partial charge < -0.3 is 9.47 Å². The Kier molecular flexibility index (Phi) is 4.65. The molecular weight excluding hydrogens is 232 g/mol. The van der Waals surface area contributed by atoms with Crippen molar-refractivity contribution in [3.63, 3.8) is 0 Å². The molecule has 0 spiro atoms. The summed E-state index contributed by atoms with van der Waals surface area (Å²) in [4.78, 5) is 2.47. The van der Waals surface area contributed by atoms with Crippen LogP contribution < -0.4 is 0 Å². The molecule has 2 rings (SSSR count). The van der Waals surface area contributed by atoms with E-state index in [-0.39, 0.29) is 0 Å². The summed E-state index contributed by atoms with van der Waals surface area (Å²) < 4.78 is 2.37. The lowest BCUT2D eigenvalue weighted by atomic mass is 10.0. The maximum Gasteiger partial charge on any atom is 0.0480 e. The van der Waals surface area contributed by atoms with Crippen molar-refractivity contribution < 1.29 is 0 Å². The number of hydrogen-bond acceptors (Lipinski definition) is 1. The largest absolute Gasteiger partial charge is 0.346 e. The van der Waals surface area contributed by atoms with Crippen molar-refractivity contribution in [2.45, 2.75) is 40.2 Å². The molecule has 0 N–H and O–H groups in total. The molecule has 2 aromatic rings. The Hall–Kier alpha value is -1.28. The number of rotatable bonds is 6. The van der Waals surface area contributed by atoms with Gasteiger partial charge in [0, 0.05) is 24.8 Å². The summed E-state index contributed by atoms with van der Waals surface area (Å²) in [6, 6.07) is 9.10. The van der Waals surface area contributed by atoms with Gasteiger partial charge in [0.2, 0.25) is 0 Å². The third-order valence-electron chi connectivity index (χ3n) is 4.01. The Balaban J connectivity index is 2.16. The van der Waals surface area contributed by atoms with Crippen molar-refractivity contribution in [1.82, 2.24) is 9.47 Å². The predicted molar refractivity (Wildman–Crippen MR) is 83.8 cm³/mol. The molecule has 19 heavy (non-hydrogen) atoms. The maximum absolute atomic E-state index is 2.47. The molecule has 0 fully saturated rings. The highest BCUT2D eigenvalue weighted by atomic mass is 15.1. The smallest absolute Gasteiger partial charge is 0.0480 e. The average Bonchev–Trinajstić information content (AvgIpc) is 2.82. The minimum Gasteiger partial charge on any atom is -0.346 e. The van der Waals surface area contributed by atoms with Gasteiger partial charge in [0.1, 0.15) is 0 Å². The van der Waals surface area contributed by atoms with Gasteiger partial charge in [-0.05, 0) is 48.2 Å². The lowest BCUT2D eigenvalue weighted by molar-refractivity contribution is 0.292. The number of hydrogen-bond donors (Lipinski definition) is 0. The molecule has 1 aromatic heterocycles. The Labute approximate surface area is 117 Å². The van der Waals surface area contributed by atoms with Gasteiger partial charge in [-0.2, -0.15) is 0 Å². The molecule has 104 valence electrons. The Bertz CT molecular complexity index is 521. The number of aromatic nitrogens is 1. The summed E-state index contributed by atoms with van der Waals surface area (Å²) in [5, 5.41) is 1.37. The zero-order chi connectivity index (χ0) is 13.8. The van der Waals surface area contributed by atoms with E-state index in [1.807, 2.05) is 0 Å². The molecule has 0 aliphatic carbocycles. The zero-order valence-corrected chi connectivity index (χ0v) is 12.7. The summed E-state index contributed by atoms with van der Waals surface area (Å²) in [5.41, 5.74) is 2.78. The van der Waals surface area contributed by atoms with Crippen LogP contribution in [0.5, 0.6) is 0 Å². The van der Waals surface area contributed by atoms with E-state index in [1.54, 1.807) is 0 Å². The van der Waals surface area contributed by atoms with Crippen LogP contribution in [0.15, 0.2) is 30.5 Å². The lowest BCUT2D eigenvalue weighted by Crippen LogP contribution is -2.26. The van der Waals surface area contributed by atoms with Crippen LogP contribution in [0.4, 0.5) is 0 Å². The van der Waals surface area contributed by atoms with Gasteiger partial charge in [0.05, 0.1) is 0 Å². The van der Waals surface area contributed by atoms with Crippen LogP contribution in [-0.4, -0.2) is 29.1 Å². The molecule has 0 radical (unpaired) electrons. The minimum atomic E-state index is 0.600. The average molecular weight is 258 g/mol. The highest BCUT2D eigenvalue weighted by Gasteiger charge is 2.05. The minimum absolute atomic E-state index is 0.600. The first-order valence-electron chi connectivity index (χ1n) is 7.46. The summed E-state index contributed by atoms with van der Waals surface area (Å²) in [6.45, 7) is 13.4. The highest BCUT2D eigenvalue weighted by molar-refractivity contribution is 5.81. The number of fused-ring (bicyclic) bond motifs is 1. The maximum atomic E-state index is 2.47. The van der Waals surface area contributed by atoms with Crippen LogP contribution in [0, 0.1) is 0 Å². The van der Waals surface area contributed by atoms with Gasteiger partial charge in [0.15, 0.2) is 0 Å². The third-order valence-corrected chi connectivity index (χ3v) is 4.01. The van der Waals surface area contributed by atoms with E-state index in [4.69, 9.17) is 0 Å². The van der Waals surface area contributed by atoms with E-state index in [0.717, 1.165) is 26.2 Å². The van der Waals surface area contributed by atoms with Crippen LogP contribution in [0.1, 0.15) is 39.2 Å². The first-order chi connectivity index (χ1) is 9.15. The van der Waals surface area contributed by atoms with Crippen LogP contribution in [0.3, 0.4) is 0 Å². The molecule has 0 unspecified atom stereocenters. The second-order valence-electron chi connectivity index (χ2n) is 5.51. The van der Waals surface area contributed by atoms with Gasteiger partial charge in [-0.25, -0.2) is 0 Å². The van der Waals surface area contributed by atoms with Crippen LogP contribution in [0.2, 0.25) is 0 Å². The van der Waals surface area contributed by atoms with Crippen molar-refractivity contribution in [3.8, 4) is 0 Å². The summed E-state index contributed by atoms with van der Waals surface area (Å²) in [7, 11) is 0. The molecule has 0 atom stereocenters. The molecule has 1 heterocycles. The Morgan fingerprint density at radius 3 is 2.47 bits per heavy atom. The molecule has 2 nitrogen and oxygen atoms in total. The summed E-state index contributed by atoms with van der Waals surface area (Å²) in [6.07, 6.45) is 2.22. The standard InChI is InChI=1S/C17H26N2/c1-5-18(6-2)11-12-19-10-9-16-13-15(14(3)4)7-8-17(16)19/h7-10,13-14H,5-6,11-12H2,1-4H3. The summed E-state index contributed by atoms with van der Waals surface area (Å²) >= 11 is 0. The van der Waals surface area contributed by atoms with E-state index in [9.17, 15) is 0 Å². The first kappa shape index (κ1) is 14.1. The van der Waals surface area contributed by atoms with Crippen molar-refractivity contribution in [1.29, 1.82) is 0 Å². The number of likely N-dealkylation sites (N-methyl/N-ethyl adjacent to an activating group) is 1. The molecule has 1 aromatic carbocycles. The lowest BCUT2D eigenvalue weighted by Gasteiger charge is -2.18. The monoisotopic (exact) mass is 258 g/mol. The van der Waals surface area contributed by atoms with Crippen molar-refractivity contribution in [3.05, 3.63) is 36.0 Å². The Morgan fingerprint density at radius 1 is 1.11 bits per heavy atom. The van der Waals surface area contributed by atoms with Crippen molar-refractivity contribution in [2.75, 3.05) is 19.6 Å². The van der Waals surface area contributed by atoms with Crippen molar-refractivity contribution in [2.24, 2.45) is 0 Å². The van der Waals surface area contributed by atoms with E-state index in [1.165, 1.54) is 16.5 Å². The molecule has 0 amide bonds. The first-order valence-corrected chi connectivity index (χ1v) is 7.46. The molecule has 0 bridgehead atoms. The molecule has 0 aliphatic rings. The fourth-order valence-electron chi connectivity index (χ4n) is 2.56.